The molecule has 3 N–H and O–H groups in total. The van der Waals surface area contributed by atoms with E-state index in [2.05, 4.69) is 22.9 Å². The van der Waals surface area contributed by atoms with Crippen molar-refractivity contribution in [2.24, 2.45) is 0 Å². The van der Waals surface area contributed by atoms with Crippen molar-refractivity contribution in [3.63, 3.8) is 0 Å². The van der Waals surface area contributed by atoms with Gasteiger partial charge in [-0.3, -0.25) is 4.90 Å². The highest BCUT2D eigenvalue weighted by atomic mass is 19.3. The minimum atomic E-state index is -2.55. The van der Waals surface area contributed by atoms with Crippen LogP contribution in [-0.4, -0.2) is 89.4 Å². The van der Waals surface area contributed by atoms with Crippen LogP contribution in [0.5, 0.6) is 0 Å². The van der Waals surface area contributed by atoms with Crippen LogP contribution >= 0.6 is 0 Å². The molecule has 0 saturated carbocycles. The Balaban J connectivity index is 0.000000532. The Hall–Kier alpha value is -2.32. The third kappa shape index (κ3) is 7.70. The Labute approximate surface area is 183 Å². The molecule has 2 aromatic heterocycles. The van der Waals surface area contributed by atoms with Crippen LogP contribution in [0.1, 0.15) is 31.1 Å². The van der Waals surface area contributed by atoms with Gasteiger partial charge in [0.2, 0.25) is 0 Å². The van der Waals surface area contributed by atoms with Gasteiger partial charge in [0.05, 0.1) is 18.3 Å². The van der Waals surface area contributed by atoms with E-state index in [-0.39, 0.29) is 25.2 Å². The molecule has 0 amide bonds. The Morgan fingerprint density at radius 3 is 2.48 bits per heavy atom. The van der Waals surface area contributed by atoms with Crippen LogP contribution in [0.3, 0.4) is 0 Å². The summed E-state index contributed by atoms with van der Waals surface area (Å²) < 4.78 is 34.4. The largest absolute Gasteiger partial charge is 0.400 e. The maximum atomic E-state index is 13.3. The molecule has 4 rings (SSSR count). The fourth-order valence-corrected chi connectivity index (χ4v) is 3.53. The molecule has 2 aromatic rings. The number of rotatable bonds is 3. The molecular weight excluding hydrogens is 406 g/mol. The van der Waals surface area contributed by atoms with Gasteiger partial charge >= 0.3 is 0 Å². The summed E-state index contributed by atoms with van der Waals surface area (Å²) in [5, 5.41) is 11.2. The summed E-state index contributed by atoms with van der Waals surface area (Å²) >= 11 is 0. The first-order valence-electron chi connectivity index (χ1n) is 9.98. The number of halogens is 2. The van der Waals surface area contributed by atoms with Gasteiger partial charge in [-0.15, -0.1) is 12.8 Å². The predicted molar refractivity (Wildman–Crippen MR) is 118 cm³/mol. The maximum absolute atomic E-state index is 13.3. The molecule has 2 saturated heterocycles. The van der Waals surface area contributed by atoms with Gasteiger partial charge in [-0.25, -0.2) is 18.3 Å². The van der Waals surface area contributed by atoms with Crippen LogP contribution < -0.4 is 5.73 Å². The number of hydrogen-bond acceptors (Lipinski definition) is 7. The van der Waals surface area contributed by atoms with E-state index in [0.717, 1.165) is 31.2 Å². The summed E-state index contributed by atoms with van der Waals surface area (Å²) in [5.41, 5.74) is 7.53. The average molecular weight is 441 g/mol. The molecule has 0 radical (unpaired) electrons. The summed E-state index contributed by atoms with van der Waals surface area (Å²) in [7, 11) is 7.00. The monoisotopic (exact) mass is 440 g/mol. The second-order valence-electron chi connectivity index (χ2n) is 7.71. The minimum Gasteiger partial charge on any atom is -0.400 e. The highest BCUT2D eigenvalue weighted by Gasteiger charge is 2.40. The lowest BCUT2D eigenvalue weighted by Crippen LogP contribution is -2.32. The number of fused-ring (bicyclic) bond motifs is 1. The van der Waals surface area contributed by atoms with Crippen LogP contribution in [-0.2, 0) is 4.74 Å². The van der Waals surface area contributed by atoms with E-state index >= 15 is 0 Å². The normalized spacial score (nSPS) is 22.1. The van der Waals surface area contributed by atoms with Gasteiger partial charge in [-0.05, 0) is 46.1 Å². The van der Waals surface area contributed by atoms with Gasteiger partial charge in [0.25, 0.3) is 5.92 Å². The smallest absolute Gasteiger partial charge is 0.261 e. The van der Waals surface area contributed by atoms with Crippen LogP contribution in [0, 0.1) is 12.8 Å². The molecule has 2 fully saturated rings. The number of likely N-dealkylation sites (tertiary alicyclic amines) is 1. The van der Waals surface area contributed by atoms with E-state index < -0.39 is 5.92 Å². The van der Waals surface area contributed by atoms with E-state index in [1.807, 2.05) is 38.2 Å². The third-order valence-corrected chi connectivity index (χ3v) is 4.66. The van der Waals surface area contributed by atoms with Crippen LogP contribution in [0.15, 0.2) is 18.5 Å². The standard InChI is InChI=1S/C15H19F2N5O.C3H9N.C2H2.CH4O/c16-15(17)5-6-21(8-15)7-10-1-4-13(23-10)11-2-3-12-14(18)19-9-20-22(11)12;1-4(2)3;2*1-2/h2-3,9-10,13H,1,4-8H2,(H2,18,19,20);1-3H3;1-2H;2H,1H3/t10-,13+;;;/m0.../s1. The maximum Gasteiger partial charge on any atom is 0.261 e. The number of nitrogens with zero attached hydrogens (tertiary/aromatic N) is 5. The summed E-state index contributed by atoms with van der Waals surface area (Å²) in [6.07, 6.45) is 11.0. The van der Waals surface area contributed by atoms with Crippen LogP contribution in [0.2, 0.25) is 0 Å². The molecule has 0 aliphatic carbocycles. The second kappa shape index (κ2) is 12.5. The topological polar surface area (TPSA) is 92.1 Å². The first kappa shape index (κ1) is 26.7. The Kier molecular flexibility index (Phi) is 10.8. The van der Waals surface area contributed by atoms with Crippen molar-refractivity contribution in [3.8, 4) is 12.8 Å². The van der Waals surface area contributed by atoms with Gasteiger partial charge in [0.15, 0.2) is 5.82 Å². The number of terminal acetylenes is 1. The van der Waals surface area contributed by atoms with Crippen molar-refractivity contribution < 1.29 is 18.6 Å². The molecule has 2 atom stereocenters. The molecule has 10 heteroatoms. The molecule has 31 heavy (non-hydrogen) atoms. The number of hydrogen-bond donors (Lipinski definition) is 2. The van der Waals surface area contributed by atoms with Crippen molar-refractivity contribution in [2.45, 2.75) is 37.4 Å². The lowest BCUT2D eigenvalue weighted by atomic mass is 10.1. The fraction of sp³-hybridized carbons (Fsp3) is 0.619. The fourth-order valence-electron chi connectivity index (χ4n) is 3.53. The summed E-state index contributed by atoms with van der Waals surface area (Å²) in [6, 6.07) is 3.82. The lowest BCUT2D eigenvalue weighted by Gasteiger charge is -2.20. The Morgan fingerprint density at radius 2 is 1.90 bits per heavy atom. The highest BCUT2D eigenvalue weighted by Crippen LogP contribution is 2.35. The summed E-state index contributed by atoms with van der Waals surface area (Å²) in [6.45, 7) is 0.844. The zero-order chi connectivity index (χ0) is 23.6. The van der Waals surface area contributed by atoms with Crippen molar-refractivity contribution in [2.75, 3.05) is 53.6 Å². The van der Waals surface area contributed by atoms with Gasteiger partial charge in [0, 0.05) is 26.6 Å². The summed E-state index contributed by atoms with van der Waals surface area (Å²) in [5.74, 6) is -2.12. The number of aliphatic hydroxyl groups excluding tert-OH is 1. The number of ether oxygens (including phenoxy) is 1. The van der Waals surface area contributed by atoms with Crippen molar-refractivity contribution in [1.29, 1.82) is 0 Å². The number of anilines is 1. The van der Waals surface area contributed by atoms with E-state index in [1.54, 1.807) is 9.42 Å². The first-order valence-corrected chi connectivity index (χ1v) is 9.98. The molecule has 174 valence electrons. The van der Waals surface area contributed by atoms with E-state index in [0.29, 0.717) is 18.9 Å². The number of alkyl halides is 2. The molecule has 0 unspecified atom stereocenters. The SMILES string of the molecule is C#C.CN(C)C.CO.Nc1ncnn2c([C@H]3CC[C@@H](CN4CCC(F)(F)C4)O3)ccc12. The van der Waals surface area contributed by atoms with Gasteiger partial charge in [0.1, 0.15) is 17.9 Å². The molecule has 2 aliphatic heterocycles. The van der Waals surface area contributed by atoms with Gasteiger partial charge in [-0.1, -0.05) is 0 Å². The zero-order valence-electron chi connectivity index (χ0n) is 18.7. The Morgan fingerprint density at radius 1 is 1.26 bits per heavy atom. The molecular formula is C21H34F2N6O2. The zero-order valence-corrected chi connectivity index (χ0v) is 18.7. The second-order valence-corrected chi connectivity index (χ2v) is 7.71. The molecule has 8 nitrogen and oxygen atoms in total. The molecule has 0 bridgehead atoms. The van der Waals surface area contributed by atoms with E-state index in [1.165, 1.54) is 6.33 Å². The predicted octanol–water partition coefficient (Wildman–Crippen LogP) is 1.91. The molecule has 0 aromatic carbocycles. The number of aromatic nitrogens is 3. The number of aliphatic hydroxyl groups is 1. The van der Waals surface area contributed by atoms with Crippen molar-refractivity contribution in [1.82, 2.24) is 24.4 Å². The van der Waals surface area contributed by atoms with Gasteiger partial charge < -0.3 is 20.5 Å². The highest BCUT2D eigenvalue weighted by molar-refractivity contribution is 5.65. The lowest BCUT2D eigenvalue weighted by molar-refractivity contribution is -0.00403. The molecule has 4 heterocycles. The molecule has 0 spiro atoms. The first-order chi connectivity index (χ1) is 14.7. The van der Waals surface area contributed by atoms with Crippen molar-refractivity contribution >= 4 is 11.3 Å². The van der Waals surface area contributed by atoms with Crippen LogP contribution in [0.25, 0.3) is 5.52 Å². The van der Waals surface area contributed by atoms with Crippen LogP contribution in [0.4, 0.5) is 14.6 Å². The molecule has 2 aliphatic rings. The third-order valence-electron chi connectivity index (χ3n) is 4.66. The number of nitrogen functional groups attached to an aromatic ring is 1. The van der Waals surface area contributed by atoms with Gasteiger partial charge in [-0.2, -0.15) is 5.10 Å². The van der Waals surface area contributed by atoms with E-state index in [9.17, 15) is 8.78 Å². The average Bonchev–Trinajstić information content (AvgIpc) is 3.44. The van der Waals surface area contributed by atoms with E-state index in [4.69, 9.17) is 15.6 Å². The summed E-state index contributed by atoms with van der Waals surface area (Å²) in [4.78, 5) is 7.77. The minimum absolute atomic E-state index is 0.0152. The quantitative estimate of drug-likeness (QED) is 0.705. The number of nitrogens with two attached hydrogens (primary N) is 1. The van der Waals surface area contributed by atoms with Crippen molar-refractivity contribution in [3.05, 3.63) is 24.2 Å². The Bertz CT molecular complexity index is 809.